The number of aryl methyl sites for hydroxylation is 1. The lowest BCUT2D eigenvalue weighted by Gasteiger charge is -2.28. The first-order valence-corrected chi connectivity index (χ1v) is 11.3. The van der Waals surface area contributed by atoms with Crippen molar-refractivity contribution >= 4 is 33.1 Å². The van der Waals surface area contributed by atoms with Crippen LogP contribution in [0.1, 0.15) is 26.5 Å². The van der Waals surface area contributed by atoms with E-state index < -0.39 is 15.9 Å². The molecule has 0 saturated carbocycles. The Morgan fingerprint density at radius 1 is 1.17 bits per heavy atom. The van der Waals surface area contributed by atoms with Gasteiger partial charge in [-0.1, -0.05) is 24.3 Å². The molecule has 2 N–H and O–H groups in total. The molecule has 2 aromatic heterocycles. The molecule has 3 aromatic rings. The van der Waals surface area contributed by atoms with Gasteiger partial charge in [-0.15, -0.1) is 11.3 Å². The van der Waals surface area contributed by atoms with Crippen molar-refractivity contribution in [1.29, 1.82) is 0 Å². The van der Waals surface area contributed by atoms with E-state index in [4.69, 9.17) is 0 Å². The quantitative estimate of drug-likeness (QED) is 0.664. The van der Waals surface area contributed by atoms with E-state index in [-0.39, 0.29) is 27.9 Å². The molecule has 29 heavy (non-hydrogen) atoms. The minimum atomic E-state index is -3.85. The van der Waals surface area contributed by atoms with Crippen molar-refractivity contribution in [2.75, 3.05) is 11.9 Å². The molecule has 150 valence electrons. The topological polar surface area (TPSA) is 99.6 Å². The summed E-state index contributed by atoms with van der Waals surface area (Å²) in [6.45, 7) is 2.36. The third-order valence-corrected chi connectivity index (χ3v) is 7.72. The second-order valence-electron chi connectivity index (χ2n) is 6.75. The highest BCUT2D eigenvalue weighted by Crippen LogP contribution is 2.30. The fourth-order valence-corrected chi connectivity index (χ4v) is 6.00. The smallest absolute Gasteiger partial charge is 0.268 e. The molecule has 0 spiro atoms. The molecule has 0 radical (unpaired) electrons. The lowest BCUT2D eigenvalue weighted by molar-refractivity contribution is 0.102. The van der Waals surface area contributed by atoms with Gasteiger partial charge in [0.2, 0.25) is 10.0 Å². The highest BCUT2D eigenvalue weighted by molar-refractivity contribution is 7.89. The third-order valence-electron chi connectivity index (χ3n) is 4.79. The van der Waals surface area contributed by atoms with Crippen LogP contribution in [-0.2, 0) is 23.0 Å². The number of benzene rings is 1. The fourth-order valence-electron chi connectivity index (χ4n) is 3.29. The fraction of sp³-hybridized carbons (Fsp3) is 0.200. The van der Waals surface area contributed by atoms with Gasteiger partial charge in [-0.2, -0.15) is 4.31 Å². The molecule has 0 fully saturated rings. The van der Waals surface area contributed by atoms with Gasteiger partial charge < -0.3 is 10.4 Å². The normalized spacial score (nSPS) is 14.4. The van der Waals surface area contributed by atoms with Crippen molar-refractivity contribution in [2.24, 2.45) is 0 Å². The average molecular weight is 430 g/mol. The van der Waals surface area contributed by atoms with E-state index in [9.17, 15) is 18.3 Å². The SMILES string of the molecule is Cc1ccc(O)c(NC(=O)c2sccc2S(=O)(=O)N2CCc3ccccc3C2)n1. The molecular formula is C20H19N3O4S2. The molecule has 7 nitrogen and oxygen atoms in total. The van der Waals surface area contributed by atoms with E-state index >= 15 is 0 Å². The standard InChI is InChI=1S/C20H19N3O4S2/c1-13-6-7-16(24)19(21-13)22-20(25)18-17(9-11-28-18)29(26,27)23-10-8-14-4-2-3-5-15(14)12-23/h2-7,9,11,24H,8,10,12H2,1H3,(H,21,22,25). The van der Waals surface area contributed by atoms with Crippen LogP contribution in [0.2, 0.25) is 0 Å². The molecule has 9 heteroatoms. The molecule has 0 unspecified atom stereocenters. The van der Waals surface area contributed by atoms with Crippen molar-refractivity contribution in [2.45, 2.75) is 24.8 Å². The number of fused-ring (bicyclic) bond motifs is 1. The van der Waals surface area contributed by atoms with E-state index in [1.54, 1.807) is 18.4 Å². The number of aromatic nitrogens is 1. The molecule has 0 bridgehead atoms. The van der Waals surface area contributed by atoms with E-state index in [0.717, 1.165) is 22.5 Å². The summed E-state index contributed by atoms with van der Waals surface area (Å²) < 4.78 is 27.9. The number of nitrogens with zero attached hydrogens (tertiary/aromatic N) is 2. The number of amides is 1. The van der Waals surface area contributed by atoms with Gasteiger partial charge in [0.15, 0.2) is 11.6 Å². The zero-order valence-corrected chi connectivity index (χ0v) is 17.3. The molecular weight excluding hydrogens is 410 g/mol. The molecule has 3 heterocycles. The highest BCUT2D eigenvalue weighted by Gasteiger charge is 2.32. The lowest BCUT2D eigenvalue weighted by atomic mass is 10.0. The van der Waals surface area contributed by atoms with Crippen LogP contribution in [0.15, 0.2) is 52.7 Å². The molecule has 1 amide bonds. The van der Waals surface area contributed by atoms with Crippen molar-refractivity contribution in [3.05, 3.63) is 69.5 Å². The summed E-state index contributed by atoms with van der Waals surface area (Å²) >= 11 is 1.04. The number of carbonyl (C=O) groups is 1. The molecule has 1 aliphatic heterocycles. The number of aromatic hydroxyl groups is 1. The summed E-state index contributed by atoms with van der Waals surface area (Å²) in [4.78, 5) is 16.9. The monoisotopic (exact) mass is 429 g/mol. The Morgan fingerprint density at radius 2 is 1.93 bits per heavy atom. The lowest BCUT2D eigenvalue weighted by Crippen LogP contribution is -2.36. The van der Waals surface area contributed by atoms with Gasteiger partial charge in [-0.3, -0.25) is 4.79 Å². The van der Waals surface area contributed by atoms with E-state index in [2.05, 4.69) is 10.3 Å². The van der Waals surface area contributed by atoms with Crippen molar-refractivity contribution in [1.82, 2.24) is 9.29 Å². The summed E-state index contributed by atoms with van der Waals surface area (Å²) in [5, 5.41) is 14.0. The summed E-state index contributed by atoms with van der Waals surface area (Å²) in [5.41, 5.74) is 2.73. The van der Waals surface area contributed by atoms with Gasteiger partial charge in [-0.05, 0) is 48.1 Å². The van der Waals surface area contributed by atoms with Gasteiger partial charge in [0.25, 0.3) is 5.91 Å². The number of pyridine rings is 1. The summed E-state index contributed by atoms with van der Waals surface area (Å²) in [5.74, 6) is -0.805. The number of hydrogen-bond donors (Lipinski definition) is 2. The summed E-state index contributed by atoms with van der Waals surface area (Å²) in [6.07, 6.45) is 0.627. The second-order valence-corrected chi connectivity index (χ2v) is 9.57. The predicted octanol–water partition coefficient (Wildman–Crippen LogP) is 3.16. The van der Waals surface area contributed by atoms with E-state index in [0.29, 0.717) is 18.7 Å². The van der Waals surface area contributed by atoms with Crippen LogP contribution in [0.25, 0.3) is 0 Å². The van der Waals surface area contributed by atoms with Crippen LogP contribution in [0, 0.1) is 6.92 Å². The van der Waals surface area contributed by atoms with E-state index in [1.165, 1.54) is 16.4 Å². The maximum Gasteiger partial charge on any atom is 0.268 e. The maximum atomic E-state index is 13.2. The Kier molecular flexibility index (Phi) is 5.12. The summed E-state index contributed by atoms with van der Waals surface area (Å²) in [6, 6.07) is 12.2. The first-order valence-electron chi connectivity index (χ1n) is 8.98. The second kappa shape index (κ2) is 7.58. The van der Waals surface area contributed by atoms with Crippen LogP contribution < -0.4 is 5.32 Å². The Bertz CT molecular complexity index is 1190. The third kappa shape index (κ3) is 3.76. The zero-order valence-electron chi connectivity index (χ0n) is 15.6. The van der Waals surface area contributed by atoms with Crippen LogP contribution in [-0.4, -0.2) is 35.3 Å². The number of carbonyl (C=O) groups excluding carboxylic acids is 1. The number of sulfonamides is 1. The zero-order chi connectivity index (χ0) is 20.6. The Morgan fingerprint density at radius 3 is 2.72 bits per heavy atom. The van der Waals surface area contributed by atoms with E-state index in [1.807, 2.05) is 24.3 Å². The molecule has 1 aromatic carbocycles. The number of anilines is 1. The van der Waals surface area contributed by atoms with Gasteiger partial charge in [-0.25, -0.2) is 13.4 Å². The van der Waals surface area contributed by atoms with Gasteiger partial charge in [0, 0.05) is 18.8 Å². The number of rotatable bonds is 4. The minimum Gasteiger partial charge on any atom is -0.504 e. The van der Waals surface area contributed by atoms with Crippen LogP contribution in [0.4, 0.5) is 5.82 Å². The van der Waals surface area contributed by atoms with Gasteiger partial charge in [0.1, 0.15) is 9.77 Å². The van der Waals surface area contributed by atoms with Crippen molar-refractivity contribution in [3.63, 3.8) is 0 Å². The van der Waals surface area contributed by atoms with Gasteiger partial charge in [0.05, 0.1) is 0 Å². The first-order chi connectivity index (χ1) is 13.9. The average Bonchev–Trinajstić information content (AvgIpc) is 3.21. The first kappa shape index (κ1) is 19.6. The predicted molar refractivity (Wildman–Crippen MR) is 111 cm³/mol. The number of hydrogen-bond acceptors (Lipinski definition) is 6. The minimum absolute atomic E-state index is 0.00125. The van der Waals surface area contributed by atoms with Crippen molar-refractivity contribution in [3.8, 4) is 5.75 Å². The molecule has 0 atom stereocenters. The van der Waals surface area contributed by atoms with Crippen LogP contribution in [0.5, 0.6) is 5.75 Å². The van der Waals surface area contributed by atoms with Crippen LogP contribution in [0.3, 0.4) is 0 Å². The Labute approximate surface area is 172 Å². The summed E-state index contributed by atoms with van der Waals surface area (Å²) in [7, 11) is -3.85. The molecule has 0 aliphatic carbocycles. The Hall–Kier alpha value is -2.75. The number of nitrogens with one attached hydrogen (secondary N) is 1. The van der Waals surface area contributed by atoms with Gasteiger partial charge >= 0.3 is 0 Å². The highest BCUT2D eigenvalue weighted by atomic mass is 32.2. The number of thiophene rings is 1. The molecule has 1 aliphatic rings. The Balaban J connectivity index is 1.61. The van der Waals surface area contributed by atoms with Crippen molar-refractivity contribution < 1.29 is 18.3 Å². The maximum absolute atomic E-state index is 13.2. The van der Waals surface area contributed by atoms with Crippen LogP contribution >= 0.6 is 11.3 Å². The molecule has 4 rings (SSSR count). The largest absolute Gasteiger partial charge is 0.504 e. The molecule has 0 saturated heterocycles.